The number of carboxylic acid groups (broad SMARTS) is 1. The van der Waals surface area contributed by atoms with Crippen LogP contribution in [0.2, 0.25) is 0 Å². The third kappa shape index (κ3) is 15.0. The van der Waals surface area contributed by atoms with Gasteiger partial charge < -0.3 is 120 Å². The number of hydrogen-bond donors (Lipinski definition) is 16. The van der Waals surface area contributed by atoms with Crippen LogP contribution < -0.4 is 21.9 Å². The number of esters is 1. The molecule has 16 N–H and O–H groups in total. The predicted molar refractivity (Wildman–Crippen MR) is 238 cm³/mol. The van der Waals surface area contributed by atoms with Gasteiger partial charge in [-0.2, -0.15) is 0 Å². The number of aliphatic hydroxyl groups is 11. The van der Waals surface area contributed by atoms with E-state index in [1.807, 2.05) is 4.98 Å². The molecule has 13 unspecified atom stereocenters. The summed E-state index contributed by atoms with van der Waals surface area (Å²) in [4.78, 5) is 79.2. The maximum Gasteiger partial charge on any atom is 0.364 e. The molecule has 1 aromatic rings. The number of aromatic nitrogens is 2. The topological polar surface area (TPSA) is 484 Å². The van der Waals surface area contributed by atoms with E-state index in [1.165, 1.54) is 7.11 Å². The standard InChI is InChI=1S/C43H68N4O27/c1-17(51)44-26-19(52)12-43(41(63)64,73-34(26)29(58)20(53)13-48)74-36-30(59)22(14-49)69-40(32(36)61)71-33-23(15-50)70-38(67-10-8-6-4-3-5-7-9-25(56)66-2)27(47-37(62)18-11-24(55)46-42(65)45-18)35(33)72-39-31(60)28(57)21(54)16-68-39/h11,19-23,26-36,38-40,48-50,52-54,57-61H,3-10,12-16H2,1-2H3,(H,44,51)(H,47,62)(H,63,64)(H2,45,46,55,65)/t19?,20?,21-,22?,23?,26+,27?,28?,29?,30+,31?,32?,33-,34?,35?,36?,38+,39-,40?,43-/m0/s1. The highest BCUT2D eigenvalue weighted by Crippen LogP contribution is 2.39. The number of carbonyl (C=O) groups is 4. The summed E-state index contributed by atoms with van der Waals surface area (Å²) < 4.78 is 52.0. The normalized spacial score (nSPS) is 36.3. The lowest BCUT2D eigenvalue weighted by molar-refractivity contribution is -0.389. The summed E-state index contributed by atoms with van der Waals surface area (Å²) in [5.41, 5.74) is -2.71. The van der Waals surface area contributed by atoms with E-state index in [0.29, 0.717) is 25.7 Å². The predicted octanol–water partition coefficient (Wildman–Crippen LogP) is -8.02. The lowest BCUT2D eigenvalue weighted by atomic mass is 9.88. The van der Waals surface area contributed by atoms with E-state index in [2.05, 4.69) is 20.4 Å². The zero-order valence-electron chi connectivity index (χ0n) is 40.2. The van der Waals surface area contributed by atoms with Crippen molar-refractivity contribution >= 4 is 23.8 Å². The summed E-state index contributed by atoms with van der Waals surface area (Å²) in [6.45, 7) is -3.00. The second-order valence-electron chi connectivity index (χ2n) is 18.2. The van der Waals surface area contributed by atoms with Gasteiger partial charge in [0.15, 0.2) is 18.9 Å². The number of rotatable bonds is 25. The number of aromatic amines is 2. The van der Waals surface area contributed by atoms with Crippen molar-refractivity contribution in [2.75, 3.05) is 40.1 Å². The number of methoxy groups -OCH3 is 1. The molecular formula is C43H68N4O27. The van der Waals surface area contributed by atoms with Gasteiger partial charge in [-0.25, -0.2) is 9.59 Å². The molecule has 20 atom stereocenters. The summed E-state index contributed by atoms with van der Waals surface area (Å²) in [5, 5.41) is 134. The number of carboxylic acids is 1. The van der Waals surface area contributed by atoms with Crippen LogP contribution >= 0.6 is 0 Å². The molecule has 5 heterocycles. The third-order valence-electron chi connectivity index (χ3n) is 12.8. The number of aliphatic hydroxyl groups excluding tert-OH is 11. The first-order valence-corrected chi connectivity index (χ1v) is 23.8. The van der Waals surface area contributed by atoms with Gasteiger partial charge in [-0.15, -0.1) is 0 Å². The summed E-state index contributed by atoms with van der Waals surface area (Å²) in [5.74, 6) is -7.59. The molecule has 31 heteroatoms. The second kappa shape index (κ2) is 27.7. The van der Waals surface area contributed by atoms with Crippen molar-refractivity contribution in [1.82, 2.24) is 20.6 Å². The molecule has 0 saturated carbocycles. The highest BCUT2D eigenvalue weighted by molar-refractivity contribution is 5.92. The van der Waals surface area contributed by atoms with Crippen LogP contribution in [-0.4, -0.2) is 257 Å². The van der Waals surface area contributed by atoms with Crippen molar-refractivity contribution in [3.05, 3.63) is 32.6 Å². The van der Waals surface area contributed by atoms with Gasteiger partial charge in [0.25, 0.3) is 17.3 Å². The Morgan fingerprint density at radius 1 is 0.770 bits per heavy atom. The molecule has 0 aliphatic carbocycles. The van der Waals surface area contributed by atoms with E-state index in [4.69, 9.17) is 37.9 Å². The fraction of sp³-hybridized carbons (Fsp3) is 0.814. The van der Waals surface area contributed by atoms with Crippen molar-refractivity contribution in [2.45, 2.75) is 180 Å². The minimum Gasteiger partial charge on any atom is -0.477 e. The Balaban J connectivity index is 1.51. The number of aliphatic carboxylic acids is 1. The van der Waals surface area contributed by atoms with Gasteiger partial charge in [-0.1, -0.05) is 25.7 Å². The third-order valence-corrected chi connectivity index (χ3v) is 12.8. The van der Waals surface area contributed by atoms with Crippen LogP contribution in [0, 0.1) is 0 Å². The SMILES string of the molecule is COC(=O)CCCCCCCCO[C@@H]1OC(CO)[C@H](OC2OC(CO)[C@@H](O)C(O[C@]3(C(=O)O)CC(O)[C@@H](NC(C)=O)C(C(O)C(O)CO)O3)C2O)C(O[C@@H]2OC[C@H](O)C(O)C2O)C1NC(=O)c1cc(=O)[nH]c(=O)[nH]1. The van der Waals surface area contributed by atoms with Gasteiger partial charge in [0, 0.05) is 32.4 Å². The van der Waals surface area contributed by atoms with Gasteiger partial charge in [-0.05, 0) is 12.8 Å². The fourth-order valence-corrected chi connectivity index (χ4v) is 8.85. The van der Waals surface area contributed by atoms with Crippen LogP contribution in [0.25, 0.3) is 0 Å². The molecule has 422 valence electrons. The van der Waals surface area contributed by atoms with E-state index in [1.54, 1.807) is 0 Å². The Bertz CT molecular complexity index is 2070. The Labute approximate surface area is 420 Å². The number of nitrogens with one attached hydrogen (secondary N) is 4. The Kier molecular flexibility index (Phi) is 22.7. The van der Waals surface area contributed by atoms with Gasteiger partial charge in [-0.3, -0.25) is 24.2 Å². The first-order chi connectivity index (χ1) is 35.1. The molecule has 0 bridgehead atoms. The molecule has 2 amide bonds. The van der Waals surface area contributed by atoms with Gasteiger partial charge in [0.05, 0.1) is 45.7 Å². The van der Waals surface area contributed by atoms with E-state index in [0.717, 1.165) is 25.8 Å². The maximum atomic E-state index is 13.9. The van der Waals surface area contributed by atoms with Gasteiger partial charge in [0.2, 0.25) is 5.91 Å². The molecule has 5 rings (SSSR count). The zero-order chi connectivity index (χ0) is 54.6. The van der Waals surface area contributed by atoms with Crippen molar-refractivity contribution in [2.24, 2.45) is 0 Å². The van der Waals surface area contributed by atoms with Crippen LogP contribution in [0.15, 0.2) is 15.7 Å². The molecule has 0 aromatic carbocycles. The quantitative estimate of drug-likeness (QED) is 0.0319. The highest BCUT2D eigenvalue weighted by Gasteiger charge is 2.61. The van der Waals surface area contributed by atoms with Gasteiger partial charge >= 0.3 is 17.6 Å². The number of hydrogen-bond acceptors (Lipinski definition) is 26. The average molecular weight is 1070 g/mol. The molecule has 0 radical (unpaired) electrons. The number of H-pyrrole nitrogens is 2. The van der Waals surface area contributed by atoms with E-state index in [9.17, 15) is 90.0 Å². The molecule has 4 aliphatic rings. The highest BCUT2D eigenvalue weighted by atomic mass is 16.8. The van der Waals surface area contributed by atoms with Crippen molar-refractivity contribution < 1.29 is 123 Å². The summed E-state index contributed by atoms with van der Waals surface area (Å²) >= 11 is 0. The average Bonchev–Trinajstić information content (AvgIpc) is 3.36. The number of ether oxygens (including phenoxy) is 9. The maximum absolute atomic E-state index is 13.9. The molecule has 4 fully saturated rings. The van der Waals surface area contributed by atoms with Crippen LogP contribution in [0.3, 0.4) is 0 Å². The van der Waals surface area contributed by atoms with Crippen LogP contribution in [0.5, 0.6) is 0 Å². The molecule has 0 spiro atoms. The van der Waals surface area contributed by atoms with Crippen LogP contribution in [0.4, 0.5) is 0 Å². The lowest BCUT2D eigenvalue weighted by Crippen LogP contribution is -2.71. The Morgan fingerprint density at radius 3 is 2.04 bits per heavy atom. The Hall–Kier alpha value is -4.20. The molecule has 4 aliphatic heterocycles. The number of amides is 2. The van der Waals surface area contributed by atoms with Crippen molar-refractivity contribution in [1.29, 1.82) is 0 Å². The van der Waals surface area contributed by atoms with E-state index >= 15 is 0 Å². The molecular weight excluding hydrogens is 1000 g/mol. The largest absolute Gasteiger partial charge is 0.477 e. The molecule has 74 heavy (non-hydrogen) atoms. The Morgan fingerprint density at radius 2 is 1.42 bits per heavy atom. The van der Waals surface area contributed by atoms with E-state index in [-0.39, 0.29) is 19.0 Å². The van der Waals surface area contributed by atoms with Crippen LogP contribution in [0.1, 0.15) is 68.8 Å². The smallest absolute Gasteiger partial charge is 0.364 e. The van der Waals surface area contributed by atoms with Crippen LogP contribution in [-0.2, 0) is 57.0 Å². The summed E-state index contributed by atoms with van der Waals surface area (Å²) in [6.07, 6.45) is -31.2. The minimum atomic E-state index is -3.19. The summed E-state index contributed by atoms with van der Waals surface area (Å²) in [7, 11) is 1.29. The number of carbonyl (C=O) groups excluding carboxylic acids is 3. The summed E-state index contributed by atoms with van der Waals surface area (Å²) in [6, 6.07) is -2.68. The molecule has 4 saturated heterocycles. The van der Waals surface area contributed by atoms with Crippen molar-refractivity contribution in [3.8, 4) is 0 Å². The fourth-order valence-electron chi connectivity index (χ4n) is 8.85. The molecule has 31 nitrogen and oxygen atoms in total. The zero-order valence-corrected chi connectivity index (χ0v) is 40.2. The first kappa shape index (κ1) is 60.7. The first-order valence-electron chi connectivity index (χ1n) is 23.8. The monoisotopic (exact) mass is 1070 g/mol. The second-order valence-corrected chi connectivity index (χ2v) is 18.2. The molecule has 1 aromatic heterocycles. The van der Waals surface area contributed by atoms with Crippen molar-refractivity contribution in [3.63, 3.8) is 0 Å². The number of unbranched alkanes of at least 4 members (excludes halogenated alkanes) is 5. The van der Waals surface area contributed by atoms with Gasteiger partial charge in [0.1, 0.15) is 91.1 Å². The lowest BCUT2D eigenvalue weighted by Gasteiger charge is -2.51. The van der Waals surface area contributed by atoms with E-state index < -0.39 is 190 Å². The minimum absolute atomic E-state index is 0.102.